The minimum Gasteiger partial charge on any atom is -0.370 e. The molecule has 2 aromatic rings. The molecule has 4 aliphatic heterocycles. The molecule has 0 aromatic carbocycles. The molecule has 34 heavy (non-hydrogen) atoms. The maximum absolute atomic E-state index is 6.61. The van der Waals surface area contributed by atoms with Gasteiger partial charge in [0.15, 0.2) is 0 Å². The second kappa shape index (κ2) is 8.97. The van der Waals surface area contributed by atoms with Crippen molar-refractivity contribution in [2.75, 3.05) is 26.3 Å². The van der Waals surface area contributed by atoms with Gasteiger partial charge in [0.2, 0.25) is 0 Å². The quantitative estimate of drug-likeness (QED) is 0.512. The summed E-state index contributed by atoms with van der Waals surface area (Å²) in [5.74, 6) is 0. The van der Waals surface area contributed by atoms with Gasteiger partial charge in [-0.25, -0.2) is 10.0 Å². The molecule has 2 saturated heterocycles. The van der Waals surface area contributed by atoms with E-state index >= 15 is 0 Å². The fourth-order valence-corrected chi connectivity index (χ4v) is 9.56. The monoisotopic (exact) mass is 500 g/mol. The molecule has 6 heterocycles. The Labute approximate surface area is 213 Å². The number of ether oxygens (including phenoxy) is 2. The first kappa shape index (κ1) is 23.6. The van der Waals surface area contributed by atoms with E-state index in [4.69, 9.17) is 9.47 Å². The molecule has 6 heteroatoms. The third-order valence-corrected chi connectivity index (χ3v) is 11.6. The zero-order chi connectivity index (χ0) is 23.5. The molecule has 0 bridgehead atoms. The van der Waals surface area contributed by atoms with E-state index < -0.39 is 0 Å². The summed E-state index contributed by atoms with van der Waals surface area (Å²) in [6.45, 7) is 13.3. The number of thiophene rings is 2. The maximum atomic E-state index is 6.61. The van der Waals surface area contributed by atoms with Crippen molar-refractivity contribution in [3.8, 4) is 0 Å². The van der Waals surface area contributed by atoms with Crippen LogP contribution in [-0.2, 0) is 46.4 Å². The summed E-state index contributed by atoms with van der Waals surface area (Å²) >= 11 is 4.05. The van der Waals surface area contributed by atoms with Gasteiger partial charge < -0.3 is 9.47 Å². The Kier molecular flexibility index (Phi) is 6.23. The lowest BCUT2D eigenvalue weighted by Gasteiger charge is -2.55. The lowest BCUT2D eigenvalue weighted by atomic mass is 9.78. The lowest BCUT2D eigenvalue weighted by Crippen LogP contribution is -2.62. The van der Waals surface area contributed by atoms with Crippen molar-refractivity contribution in [1.29, 1.82) is 0 Å². The molecule has 2 spiro atoms. The zero-order valence-corrected chi connectivity index (χ0v) is 23.0. The van der Waals surface area contributed by atoms with Gasteiger partial charge in [0, 0.05) is 57.5 Å². The number of rotatable bonds is 3. The molecule has 0 N–H and O–H groups in total. The summed E-state index contributed by atoms with van der Waals surface area (Å²) in [6, 6.07) is 5.91. The van der Waals surface area contributed by atoms with Crippen LogP contribution >= 0.6 is 22.7 Å². The van der Waals surface area contributed by atoms with Crippen molar-refractivity contribution in [3.05, 3.63) is 42.8 Å². The fraction of sp³-hybridized carbons (Fsp3) is 0.714. The first-order chi connectivity index (χ1) is 16.5. The predicted molar refractivity (Wildman–Crippen MR) is 141 cm³/mol. The van der Waals surface area contributed by atoms with Gasteiger partial charge in [-0.1, -0.05) is 13.8 Å². The van der Waals surface area contributed by atoms with Crippen molar-refractivity contribution in [2.45, 2.75) is 102 Å². The Morgan fingerprint density at radius 2 is 1.24 bits per heavy atom. The topological polar surface area (TPSA) is 24.9 Å². The van der Waals surface area contributed by atoms with Gasteiger partial charge in [0.05, 0.1) is 24.4 Å². The molecular weight excluding hydrogens is 460 g/mol. The normalized spacial score (nSPS) is 34.5. The van der Waals surface area contributed by atoms with Crippen LogP contribution < -0.4 is 0 Å². The molecule has 0 unspecified atom stereocenters. The van der Waals surface area contributed by atoms with Gasteiger partial charge >= 0.3 is 0 Å². The van der Waals surface area contributed by atoms with Gasteiger partial charge in [-0.2, -0.15) is 0 Å². The molecular formula is C28H40N2O2S2. The molecule has 0 radical (unpaired) electrons. The second-order valence-corrected chi connectivity index (χ2v) is 13.4. The zero-order valence-electron chi connectivity index (χ0n) is 21.3. The molecule has 2 aromatic heterocycles. The standard InChI is InChI=1S/C28H40N2O2S2/c1-5-21-15-23-25(33-21)7-13-31-27(23)9-11-29(19(3)17-27)30-12-10-28(18-20(30)4)24-16-22(6-2)34-26(24)8-14-32-28/h15-16,19-20H,5-14,17-18H2,1-4H3/t19-,20-,27-,28+/m1/s1. The van der Waals surface area contributed by atoms with Crippen LogP contribution in [0.15, 0.2) is 12.1 Å². The lowest BCUT2D eigenvalue weighted by molar-refractivity contribution is -0.202. The summed E-state index contributed by atoms with van der Waals surface area (Å²) < 4.78 is 13.2. The third kappa shape index (κ3) is 3.75. The number of hydrogen-bond donors (Lipinski definition) is 0. The smallest absolute Gasteiger partial charge is 0.0970 e. The first-order valence-corrected chi connectivity index (χ1v) is 15.2. The largest absolute Gasteiger partial charge is 0.370 e. The SMILES string of the molecule is CCc1cc2c(s1)CCO[C@@]21CCN(N2CC[C@@]3(C[C@H]2C)OCCc2sc(CC)cc23)[C@H](C)C1. The van der Waals surface area contributed by atoms with Crippen LogP contribution in [0.25, 0.3) is 0 Å². The molecule has 4 nitrogen and oxygen atoms in total. The van der Waals surface area contributed by atoms with E-state index in [1.54, 1.807) is 9.75 Å². The summed E-state index contributed by atoms with van der Waals surface area (Å²) in [7, 11) is 0. The molecule has 0 aliphatic carbocycles. The van der Waals surface area contributed by atoms with Crippen LogP contribution in [0.5, 0.6) is 0 Å². The van der Waals surface area contributed by atoms with E-state index in [1.165, 1.54) is 20.9 Å². The minimum atomic E-state index is -0.0672. The van der Waals surface area contributed by atoms with Crippen molar-refractivity contribution in [1.82, 2.24) is 10.0 Å². The average molecular weight is 501 g/mol. The fourth-order valence-electron chi connectivity index (χ4n) is 7.21. The number of hydrogen-bond acceptors (Lipinski definition) is 6. The van der Waals surface area contributed by atoms with E-state index in [0.29, 0.717) is 12.1 Å². The maximum Gasteiger partial charge on any atom is 0.0970 e. The Morgan fingerprint density at radius 1 is 0.794 bits per heavy atom. The Hall–Kier alpha value is -0.760. The Balaban J connectivity index is 1.19. The van der Waals surface area contributed by atoms with Crippen molar-refractivity contribution < 1.29 is 9.47 Å². The number of nitrogens with zero attached hydrogens (tertiary/aromatic N) is 2. The van der Waals surface area contributed by atoms with Gasteiger partial charge in [0.25, 0.3) is 0 Å². The second-order valence-electron chi connectivity index (χ2n) is 10.9. The average Bonchev–Trinajstić information content (AvgIpc) is 3.46. The van der Waals surface area contributed by atoms with Crippen LogP contribution in [0.2, 0.25) is 0 Å². The summed E-state index contributed by atoms with van der Waals surface area (Å²) in [6.07, 6.45) is 8.85. The minimum absolute atomic E-state index is 0.0672. The van der Waals surface area contributed by atoms with Crippen LogP contribution in [-0.4, -0.2) is 48.4 Å². The summed E-state index contributed by atoms with van der Waals surface area (Å²) in [5, 5.41) is 5.37. The number of piperidine rings is 2. The van der Waals surface area contributed by atoms with Crippen LogP contribution in [0.3, 0.4) is 0 Å². The van der Waals surface area contributed by atoms with E-state index in [0.717, 1.165) is 77.7 Å². The highest BCUT2D eigenvalue weighted by atomic mass is 32.1. The van der Waals surface area contributed by atoms with Crippen molar-refractivity contribution >= 4 is 22.7 Å². The molecule has 6 rings (SSSR count). The van der Waals surface area contributed by atoms with Crippen molar-refractivity contribution in [2.24, 2.45) is 0 Å². The van der Waals surface area contributed by atoms with Crippen molar-refractivity contribution in [3.63, 3.8) is 0 Å². The third-order valence-electron chi connectivity index (χ3n) is 8.90. The highest BCUT2D eigenvalue weighted by molar-refractivity contribution is 7.12. The number of hydrazine groups is 1. The highest BCUT2D eigenvalue weighted by Crippen LogP contribution is 2.49. The first-order valence-electron chi connectivity index (χ1n) is 13.5. The van der Waals surface area contributed by atoms with Gasteiger partial charge in [0.1, 0.15) is 0 Å². The molecule has 2 fully saturated rings. The molecule has 0 amide bonds. The Morgan fingerprint density at radius 3 is 1.62 bits per heavy atom. The van der Waals surface area contributed by atoms with Crippen LogP contribution in [0.4, 0.5) is 0 Å². The van der Waals surface area contributed by atoms with E-state index in [-0.39, 0.29) is 11.2 Å². The number of aryl methyl sites for hydroxylation is 2. The molecule has 186 valence electrons. The van der Waals surface area contributed by atoms with Gasteiger partial charge in [-0.15, -0.1) is 22.7 Å². The summed E-state index contributed by atoms with van der Waals surface area (Å²) in [4.78, 5) is 6.21. The Bertz CT molecular complexity index is 965. The van der Waals surface area contributed by atoms with E-state index in [1.807, 2.05) is 22.7 Å². The van der Waals surface area contributed by atoms with Gasteiger partial charge in [-0.05, 0) is 75.6 Å². The highest BCUT2D eigenvalue weighted by Gasteiger charge is 2.49. The van der Waals surface area contributed by atoms with E-state index in [9.17, 15) is 0 Å². The molecule has 0 saturated carbocycles. The number of fused-ring (bicyclic) bond motifs is 4. The predicted octanol–water partition coefficient (Wildman–Crippen LogP) is 6.05. The van der Waals surface area contributed by atoms with Crippen LogP contribution in [0.1, 0.15) is 84.0 Å². The molecule has 4 aliphatic rings. The van der Waals surface area contributed by atoms with Gasteiger partial charge in [-0.3, -0.25) is 0 Å². The molecule has 4 atom stereocenters. The summed E-state index contributed by atoms with van der Waals surface area (Å²) in [5.41, 5.74) is 2.90. The van der Waals surface area contributed by atoms with Crippen LogP contribution in [0, 0.1) is 0 Å². The van der Waals surface area contributed by atoms with E-state index in [2.05, 4.69) is 49.8 Å².